The predicted molar refractivity (Wildman–Crippen MR) is 67.2 cm³/mol. The Hall–Kier alpha value is -2.04. The lowest BCUT2D eigenvalue weighted by Gasteiger charge is -2.19. The van der Waals surface area contributed by atoms with Gasteiger partial charge < -0.3 is 9.32 Å². The maximum Gasteiger partial charge on any atom is 0.257 e. The molecule has 18 heavy (non-hydrogen) atoms. The summed E-state index contributed by atoms with van der Waals surface area (Å²) in [6.07, 6.45) is 1.61. The molecule has 2 heterocycles. The van der Waals surface area contributed by atoms with E-state index in [2.05, 4.69) is 10.2 Å². The normalized spacial score (nSPS) is 10.6. The van der Waals surface area contributed by atoms with Gasteiger partial charge in [-0.1, -0.05) is 0 Å². The average molecular weight is 247 g/mol. The van der Waals surface area contributed by atoms with Crippen LogP contribution in [0.4, 0.5) is 0 Å². The van der Waals surface area contributed by atoms with Gasteiger partial charge in [0.05, 0.1) is 24.1 Å². The zero-order valence-electron chi connectivity index (χ0n) is 10.9. The van der Waals surface area contributed by atoms with Crippen LogP contribution in [0.15, 0.2) is 22.8 Å². The van der Waals surface area contributed by atoms with Crippen molar-refractivity contribution >= 4 is 5.91 Å². The second-order valence-corrected chi connectivity index (χ2v) is 4.21. The van der Waals surface area contributed by atoms with Crippen LogP contribution in [0, 0.1) is 13.8 Å². The Morgan fingerprint density at radius 3 is 2.78 bits per heavy atom. The topological polar surface area (TPSA) is 62.1 Å². The molecule has 2 aromatic rings. The first-order valence-electron chi connectivity index (χ1n) is 5.96. The lowest BCUT2D eigenvalue weighted by molar-refractivity contribution is 0.0740. The van der Waals surface area contributed by atoms with Crippen molar-refractivity contribution in [3.8, 4) is 0 Å². The molecule has 0 atom stereocenters. The highest BCUT2D eigenvalue weighted by Gasteiger charge is 2.21. The van der Waals surface area contributed by atoms with E-state index in [-0.39, 0.29) is 5.91 Å². The highest BCUT2D eigenvalue weighted by molar-refractivity contribution is 5.96. The van der Waals surface area contributed by atoms with Crippen molar-refractivity contribution in [3.05, 3.63) is 41.1 Å². The molecule has 0 spiro atoms. The summed E-state index contributed by atoms with van der Waals surface area (Å²) in [6, 6.07) is 3.69. The Bertz CT molecular complexity index is 509. The maximum atomic E-state index is 12.4. The summed E-state index contributed by atoms with van der Waals surface area (Å²) in [6.45, 7) is 6.74. The van der Waals surface area contributed by atoms with Crippen LogP contribution in [0.2, 0.25) is 0 Å². The van der Waals surface area contributed by atoms with Crippen molar-refractivity contribution < 1.29 is 9.21 Å². The van der Waals surface area contributed by atoms with E-state index in [0.717, 1.165) is 17.1 Å². The van der Waals surface area contributed by atoms with Gasteiger partial charge in [0.15, 0.2) is 0 Å². The van der Waals surface area contributed by atoms with Crippen LogP contribution < -0.4 is 0 Å². The van der Waals surface area contributed by atoms with Crippen LogP contribution in [0.1, 0.15) is 34.4 Å². The summed E-state index contributed by atoms with van der Waals surface area (Å²) < 4.78 is 5.28. The molecular weight excluding hydrogens is 230 g/mol. The van der Waals surface area contributed by atoms with Crippen molar-refractivity contribution in [2.75, 3.05) is 6.54 Å². The number of carbonyl (C=O) groups is 1. The maximum absolute atomic E-state index is 12.4. The van der Waals surface area contributed by atoms with E-state index >= 15 is 0 Å². The number of carbonyl (C=O) groups excluding carboxylic acids is 1. The van der Waals surface area contributed by atoms with Gasteiger partial charge >= 0.3 is 0 Å². The van der Waals surface area contributed by atoms with Crippen molar-refractivity contribution in [1.82, 2.24) is 15.1 Å². The predicted octanol–water partition coefficient (Wildman–Crippen LogP) is 2.28. The molecule has 0 aliphatic carbocycles. The molecule has 5 nitrogen and oxygen atoms in total. The van der Waals surface area contributed by atoms with E-state index in [0.29, 0.717) is 18.7 Å². The Morgan fingerprint density at radius 2 is 2.28 bits per heavy atom. The van der Waals surface area contributed by atoms with Crippen LogP contribution in [0.3, 0.4) is 0 Å². The average Bonchev–Trinajstić information content (AvgIpc) is 2.96. The summed E-state index contributed by atoms with van der Waals surface area (Å²) in [5, 5.41) is 6.89. The number of aromatic nitrogens is 2. The van der Waals surface area contributed by atoms with Crippen LogP contribution >= 0.6 is 0 Å². The second-order valence-electron chi connectivity index (χ2n) is 4.21. The third-order valence-corrected chi connectivity index (χ3v) is 2.94. The van der Waals surface area contributed by atoms with Gasteiger partial charge in [0.2, 0.25) is 0 Å². The van der Waals surface area contributed by atoms with E-state index < -0.39 is 0 Å². The minimum absolute atomic E-state index is 0.0161. The van der Waals surface area contributed by atoms with E-state index in [1.807, 2.05) is 32.9 Å². The number of aryl methyl sites for hydroxylation is 2. The molecule has 0 fully saturated rings. The molecule has 2 aromatic heterocycles. The number of rotatable bonds is 4. The van der Waals surface area contributed by atoms with E-state index in [9.17, 15) is 4.79 Å². The third-order valence-electron chi connectivity index (χ3n) is 2.94. The molecule has 1 amide bonds. The van der Waals surface area contributed by atoms with Crippen LogP contribution in [-0.4, -0.2) is 27.5 Å². The number of furan rings is 1. The van der Waals surface area contributed by atoms with Crippen LogP contribution in [-0.2, 0) is 6.54 Å². The molecule has 5 heteroatoms. The summed E-state index contributed by atoms with van der Waals surface area (Å²) in [5.41, 5.74) is 2.19. The zero-order valence-corrected chi connectivity index (χ0v) is 10.9. The molecule has 96 valence electrons. The molecule has 1 N–H and O–H groups in total. The standard InChI is InChI=1S/C13H17N3O2/c1-4-16(8-11-6-5-7-18-11)13(17)12-9(2)14-15-10(12)3/h5-7H,4,8H2,1-3H3,(H,14,15). The summed E-state index contributed by atoms with van der Waals surface area (Å²) >= 11 is 0. The fraction of sp³-hybridized carbons (Fsp3) is 0.385. The van der Waals surface area contributed by atoms with Crippen molar-refractivity contribution in [2.45, 2.75) is 27.3 Å². The summed E-state index contributed by atoms with van der Waals surface area (Å²) in [7, 11) is 0. The molecule has 0 saturated heterocycles. The van der Waals surface area contributed by atoms with Crippen LogP contribution in [0.5, 0.6) is 0 Å². The van der Waals surface area contributed by atoms with Gasteiger partial charge in [-0.25, -0.2) is 0 Å². The molecule has 0 aromatic carbocycles. The summed E-state index contributed by atoms with van der Waals surface area (Å²) in [5.74, 6) is 0.765. The van der Waals surface area contributed by atoms with Crippen molar-refractivity contribution in [3.63, 3.8) is 0 Å². The van der Waals surface area contributed by atoms with Gasteiger partial charge in [0, 0.05) is 12.2 Å². The molecule has 0 aliphatic rings. The monoisotopic (exact) mass is 247 g/mol. The third kappa shape index (κ3) is 2.30. The number of hydrogen-bond donors (Lipinski definition) is 1. The Morgan fingerprint density at radius 1 is 1.50 bits per heavy atom. The Labute approximate surface area is 106 Å². The molecule has 2 rings (SSSR count). The number of aromatic amines is 1. The number of nitrogens with one attached hydrogen (secondary N) is 1. The quantitative estimate of drug-likeness (QED) is 0.901. The van der Waals surface area contributed by atoms with Gasteiger partial charge in [0.1, 0.15) is 5.76 Å². The Kier molecular flexibility index (Phi) is 3.50. The molecular formula is C13H17N3O2. The van der Waals surface area contributed by atoms with Gasteiger partial charge in [0.25, 0.3) is 5.91 Å². The fourth-order valence-electron chi connectivity index (χ4n) is 1.94. The van der Waals surface area contributed by atoms with Gasteiger partial charge in [-0.2, -0.15) is 5.10 Å². The first-order valence-corrected chi connectivity index (χ1v) is 5.96. The van der Waals surface area contributed by atoms with Gasteiger partial charge in [-0.15, -0.1) is 0 Å². The molecule has 0 aliphatic heterocycles. The largest absolute Gasteiger partial charge is 0.467 e. The highest BCUT2D eigenvalue weighted by atomic mass is 16.3. The van der Waals surface area contributed by atoms with E-state index in [4.69, 9.17) is 4.42 Å². The number of H-pyrrole nitrogens is 1. The Balaban J connectivity index is 2.20. The number of nitrogens with zero attached hydrogens (tertiary/aromatic N) is 2. The van der Waals surface area contributed by atoms with E-state index in [1.165, 1.54) is 0 Å². The molecule has 0 radical (unpaired) electrons. The zero-order chi connectivity index (χ0) is 13.1. The van der Waals surface area contributed by atoms with Crippen molar-refractivity contribution in [2.24, 2.45) is 0 Å². The smallest absolute Gasteiger partial charge is 0.257 e. The first-order chi connectivity index (χ1) is 8.63. The van der Waals surface area contributed by atoms with E-state index in [1.54, 1.807) is 11.2 Å². The first kappa shape index (κ1) is 12.4. The van der Waals surface area contributed by atoms with Gasteiger partial charge in [-0.05, 0) is 32.9 Å². The SMILES string of the molecule is CCN(Cc1ccco1)C(=O)c1c(C)n[nH]c1C. The van der Waals surface area contributed by atoms with Gasteiger partial charge in [-0.3, -0.25) is 9.89 Å². The molecule has 0 unspecified atom stereocenters. The number of amides is 1. The highest BCUT2D eigenvalue weighted by Crippen LogP contribution is 2.15. The molecule has 0 saturated carbocycles. The second kappa shape index (κ2) is 5.08. The van der Waals surface area contributed by atoms with Crippen molar-refractivity contribution in [1.29, 1.82) is 0 Å². The lowest BCUT2D eigenvalue weighted by Crippen LogP contribution is -2.30. The lowest BCUT2D eigenvalue weighted by atomic mass is 10.1. The summed E-state index contributed by atoms with van der Waals surface area (Å²) in [4.78, 5) is 14.2. The van der Waals surface area contributed by atoms with Crippen LogP contribution in [0.25, 0.3) is 0 Å². The molecule has 0 bridgehead atoms. The fourth-order valence-corrected chi connectivity index (χ4v) is 1.94. The minimum atomic E-state index is -0.0161. The minimum Gasteiger partial charge on any atom is -0.467 e. The number of hydrogen-bond acceptors (Lipinski definition) is 3.